The van der Waals surface area contributed by atoms with E-state index in [4.69, 9.17) is 4.74 Å². The zero-order chi connectivity index (χ0) is 15.2. The van der Waals surface area contributed by atoms with Crippen molar-refractivity contribution in [2.75, 3.05) is 18.5 Å². The Balaban J connectivity index is 1.87. The van der Waals surface area contributed by atoms with E-state index >= 15 is 0 Å². The van der Waals surface area contributed by atoms with Crippen LogP contribution in [0, 0.1) is 6.92 Å². The summed E-state index contributed by atoms with van der Waals surface area (Å²) in [5.74, 6) is -1.05. The van der Waals surface area contributed by atoms with Gasteiger partial charge in [0, 0.05) is 13.2 Å². The third kappa shape index (κ3) is 4.19. The summed E-state index contributed by atoms with van der Waals surface area (Å²) in [5.41, 5.74) is 1.03. The second kappa shape index (κ2) is 7.08. The highest BCUT2D eigenvalue weighted by atomic mass is 16.5. The number of nitrogens with one attached hydrogen (secondary N) is 2. The number of carboxylic acid groups (broad SMARTS) is 1. The lowest BCUT2D eigenvalue weighted by molar-refractivity contribution is 0.0697. The zero-order valence-electron chi connectivity index (χ0n) is 12.0. The molecule has 1 fully saturated rings. The molecule has 1 saturated heterocycles. The van der Waals surface area contributed by atoms with Crippen molar-refractivity contribution < 1.29 is 19.4 Å². The van der Waals surface area contributed by atoms with Crippen LogP contribution >= 0.6 is 0 Å². The number of hydrogen-bond acceptors (Lipinski definition) is 3. The molecule has 0 radical (unpaired) electrons. The Morgan fingerprint density at radius 1 is 1.43 bits per heavy atom. The van der Waals surface area contributed by atoms with Crippen LogP contribution in [-0.2, 0) is 4.74 Å². The number of carboxylic acids is 1. The normalized spacial score (nSPS) is 17.5. The van der Waals surface area contributed by atoms with Crippen molar-refractivity contribution in [2.45, 2.75) is 32.3 Å². The summed E-state index contributed by atoms with van der Waals surface area (Å²) in [6.45, 7) is 3.00. The molecule has 1 aliphatic heterocycles. The summed E-state index contributed by atoms with van der Waals surface area (Å²) in [5, 5.41) is 14.5. The van der Waals surface area contributed by atoms with Gasteiger partial charge in [0.25, 0.3) is 0 Å². The first-order chi connectivity index (χ1) is 10.1. The lowest BCUT2D eigenvalue weighted by atomic mass is 10.1. The molecule has 2 amide bonds. The number of carbonyl (C=O) groups is 2. The molecule has 114 valence electrons. The smallest absolute Gasteiger partial charge is 0.338 e. The van der Waals surface area contributed by atoms with Crippen LogP contribution in [0.25, 0.3) is 0 Å². The molecular formula is C15H20N2O4. The molecule has 0 aromatic heterocycles. The van der Waals surface area contributed by atoms with Crippen molar-refractivity contribution in [3.05, 3.63) is 29.3 Å². The fraction of sp³-hybridized carbons (Fsp3) is 0.467. The average molecular weight is 292 g/mol. The molecule has 1 aromatic carbocycles. The molecular weight excluding hydrogens is 272 g/mol. The van der Waals surface area contributed by atoms with Gasteiger partial charge in [-0.2, -0.15) is 0 Å². The Kier molecular flexibility index (Phi) is 5.16. The highest BCUT2D eigenvalue weighted by Gasteiger charge is 2.17. The molecule has 6 nitrogen and oxygen atoms in total. The van der Waals surface area contributed by atoms with E-state index in [0.717, 1.165) is 25.9 Å². The zero-order valence-corrected chi connectivity index (χ0v) is 12.0. The van der Waals surface area contributed by atoms with Gasteiger partial charge in [-0.1, -0.05) is 12.1 Å². The Morgan fingerprint density at radius 2 is 2.24 bits per heavy atom. The Hall–Kier alpha value is -2.08. The Morgan fingerprint density at radius 3 is 2.90 bits per heavy atom. The molecule has 1 heterocycles. The maximum absolute atomic E-state index is 11.8. The van der Waals surface area contributed by atoms with E-state index < -0.39 is 12.0 Å². The standard InChI is InChI=1S/C15H20N2O4/c1-10-4-2-6-12(13(10)14(18)19)17-15(20)16-8-7-11-5-3-9-21-11/h2,4,6,11H,3,5,7-9H2,1H3,(H,18,19)(H2,16,17,20). The van der Waals surface area contributed by atoms with Crippen LogP contribution in [0.1, 0.15) is 35.2 Å². The minimum absolute atomic E-state index is 0.117. The Labute approximate surface area is 123 Å². The molecule has 1 aliphatic rings. The second-order valence-electron chi connectivity index (χ2n) is 5.11. The first-order valence-electron chi connectivity index (χ1n) is 7.07. The fourth-order valence-electron chi connectivity index (χ4n) is 2.44. The maximum atomic E-state index is 11.8. The van der Waals surface area contributed by atoms with Crippen LogP contribution in [0.2, 0.25) is 0 Å². The summed E-state index contributed by atoms with van der Waals surface area (Å²) >= 11 is 0. The number of urea groups is 1. The number of hydrogen-bond donors (Lipinski definition) is 3. The summed E-state index contributed by atoms with van der Waals surface area (Å²) < 4.78 is 5.47. The van der Waals surface area contributed by atoms with Gasteiger partial charge in [-0.15, -0.1) is 0 Å². The fourth-order valence-corrected chi connectivity index (χ4v) is 2.44. The lowest BCUT2D eigenvalue weighted by Gasteiger charge is -2.13. The van der Waals surface area contributed by atoms with Crippen molar-refractivity contribution in [2.24, 2.45) is 0 Å². The first kappa shape index (κ1) is 15.3. The quantitative estimate of drug-likeness (QED) is 0.777. The van der Waals surface area contributed by atoms with Crippen molar-refractivity contribution >= 4 is 17.7 Å². The molecule has 1 aromatic rings. The van der Waals surface area contributed by atoms with Gasteiger partial charge in [-0.25, -0.2) is 9.59 Å². The molecule has 21 heavy (non-hydrogen) atoms. The van der Waals surface area contributed by atoms with Gasteiger partial charge in [0.05, 0.1) is 17.4 Å². The monoisotopic (exact) mass is 292 g/mol. The topological polar surface area (TPSA) is 87.7 Å². The molecule has 1 atom stereocenters. The number of anilines is 1. The lowest BCUT2D eigenvalue weighted by Crippen LogP contribution is -2.31. The van der Waals surface area contributed by atoms with Crippen LogP contribution in [-0.4, -0.2) is 36.4 Å². The van der Waals surface area contributed by atoms with E-state index in [1.165, 1.54) is 0 Å². The van der Waals surface area contributed by atoms with E-state index in [1.54, 1.807) is 25.1 Å². The average Bonchev–Trinajstić information content (AvgIpc) is 2.91. The molecule has 0 aliphatic carbocycles. The third-order valence-corrected chi connectivity index (χ3v) is 3.51. The summed E-state index contributed by atoms with van der Waals surface area (Å²) in [6.07, 6.45) is 3.10. The van der Waals surface area contributed by atoms with Crippen molar-refractivity contribution in [3.63, 3.8) is 0 Å². The minimum Gasteiger partial charge on any atom is -0.478 e. The molecule has 0 spiro atoms. The predicted octanol–water partition coefficient (Wildman–Crippen LogP) is 2.38. The van der Waals surface area contributed by atoms with Crippen LogP contribution < -0.4 is 10.6 Å². The number of carbonyl (C=O) groups excluding carboxylic acids is 1. The van der Waals surface area contributed by atoms with Gasteiger partial charge in [0.2, 0.25) is 0 Å². The number of aryl methyl sites for hydroxylation is 1. The molecule has 2 rings (SSSR count). The Bertz CT molecular complexity index is 524. The highest BCUT2D eigenvalue weighted by molar-refractivity contribution is 6.01. The molecule has 6 heteroatoms. The molecule has 3 N–H and O–H groups in total. The molecule has 0 bridgehead atoms. The van der Waals surface area contributed by atoms with Crippen molar-refractivity contribution in [1.29, 1.82) is 0 Å². The first-order valence-corrected chi connectivity index (χ1v) is 7.07. The van der Waals surface area contributed by atoms with Crippen LogP contribution in [0.4, 0.5) is 10.5 Å². The predicted molar refractivity (Wildman–Crippen MR) is 78.8 cm³/mol. The van der Waals surface area contributed by atoms with E-state index in [2.05, 4.69) is 10.6 Å². The largest absolute Gasteiger partial charge is 0.478 e. The summed E-state index contributed by atoms with van der Waals surface area (Å²) in [6, 6.07) is 4.59. The van der Waals surface area contributed by atoms with Gasteiger partial charge >= 0.3 is 12.0 Å². The van der Waals surface area contributed by atoms with Crippen molar-refractivity contribution in [3.8, 4) is 0 Å². The highest BCUT2D eigenvalue weighted by Crippen LogP contribution is 2.19. The van der Waals surface area contributed by atoms with Crippen LogP contribution in [0.3, 0.4) is 0 Å². The van der Waals surface area contributed by atoms with Crippen LogP contribution in [0.15, 0.2) is 18.2 Å². The number of aromatic carboxylic acids is 1. The van der Waals surface area contributed by atoms with E-state index in [9.17, 15) is 14.7 Å². The molecule has 1 unspecified atom stereocenters. The van der Waals surface area contributed by atoms with E-state index in [-0.39, 0.29) is 11.7 Å². The second-order valence-corrected chi connectivity index (χ2v) is 5.11. The van der Waals surface area contributed by atoms with E-state index in [0.29, 0.717) is 17.8 Å². The van der Waals surface area contributed by atoms with Gasteiger partial charge in [-0.05, 0) is 37.8 Å². The maximum Gasteiger partial charge on any atom is 0.338 e. The van der Waals surface area contributed by atoms with Gasteiger partial charge < -0.3 is 20.5 Å². The van der Waals surface area contributed by atoms with Crippen molar-refractivity contribution in [1.82, 2.24) is 5.32 Å². The SMILES string of the molecule is Cc1cccc(NC(=O)NCCC2CCCO2)c1C(=O)O. The number of amides is 2. The van der Waals surface area contributed by atoms with Gasteiger partial charge in [0.1, 0.15) is 0 Å². The minimum atomic E-state index is -1.05. The molecule has 0 saturated carbocycles. The number of rotatable bonds is 5. The summed E-state index contributed by atoms with van der Waals surface area (Å²) in [4.78, 5) is 23.0. The summed E-state index contributed by atoms with van der Waals surface area (Å²) in [7, 11) is 0. The van der Waals surface area contributed by atoms with Gasteiger partial charge in [-0.3, -0.25) is 0 Å². The number of ether oxygens (including phenoxy) is 1. The number of benzene rings is 1. The van der Waals surface area contributed by atoms with Gasteiger partial charge in [0.15, 0.2) is 0 Å². The van der Waals surface area contributed by atoms with Crippen LogP contribution in [0.5, 0.6) is 0 Å². The third-order valence-electron chi connectivity index (χ3n) is 3.51. The van der Waals surface area contributed by atoms with E-state index in [1.807, 2.05) is 0 Å².